The molecule has 1 amide bonds. The van der Waals surface area contributed by atoms with Crippen LogP contribution in [0, 0.1) is 6.92 Å². The van der Waals surface area contributed by atoms with Crippen LogP contribution in [0.5, 0.6) is 5.75 Å². The van der Waals surface area contributed by atoms with Crippen molar-refractivity contribution in [1.29, 1.82) is 0 Å². The molecule has 0 spiro atoms. The Bertz CT molecular complexity index is 1150. The first kappa shape index (κ1) is 19.4. The van der Waals surface area contributed by atoms with Crippen molar-refractivity contribution in [2.24, 2.45) is 0 Å². The van der Waals surface area contributed by atoms with Gasteiger partial charge < -0.3 is 9.47 Å². The maximum Gasteiger partial charge on any atom is 0.411 e. The first-order valence-corrected chi connectivity index (χ1v) is 9.51. The molecule has 0 saturated carbocycles. The highest BCUT2D eigenvalue weighted by atomic mass is 16.5. The maximum atomic E-state index is 12.2. The van der Waals surface area contributed by atoms with Gasteiger partial charge in [0.25, 0.3) is 0 Å². The van der Waals surface area contributed by atoms with Crippen molar-refractivity contribution in [1.82, 2.24) is 9.97 Å². The van der Waals surface area contributed by atoms with Gasteiger partial charge in [0.05, 0.1) is 0 Å². The number of anilines is 1. The zero-order valence-electron chi connectivity index (χ0n) is 16.8. The highest BCUT2D eigenvalue weighted by Crippen LogP contribution is 2.34. The number of nitrogens with zero attached hydrogens (tertiary/aromatic N) is 2. The van der Waals surface area contributed by atoms with E-state index in [1.807, 2.05) is 56.3 Å². The fourth-order valence-electron chi connectivity index (χ4n) is 3.16. The first-order chi connectivity index (χ1) is 14.5. The van der Waals surface area contributed by atoms with E-state index in [0.29, 0.717) is 23.0 Å². The molecule has 150 valence electrons. The van der Waals surface area contributed by atoms with E-state index >= 15 is 0 Å². The number of ether oxygens (including phenoxy) is 2. The number of benzene rings is 2. The van der Waals surface area contributed by atoms with E-state index in [9.17, 15) is 4.79 Å². The molecule has 1 aliphatic heterocycles. The van der Waals surface area contributed by atoms with Crippen LogP contribution in [-0.2, 0) is 11.3 Å². The number of aryl methyl sites for hydroxylation is 1. The van der Waals surface area contributed by atoms with Gasteiger partial charge in [0.2, 0.25) is 0 Å². The quantitative estimate of drug-likeness (QED) is 0.626. The minimum atomic E-state index is -0.566. The van der Waals surface area contributed by atoms with E-state index < -0.39 is 6.09 Å². The normalized spacial score (nSPS) is 12.5. The smallest absolute Gasteiger partial charge is 0.411 e. The number of rotatable bonds is 4. The van der Waals surface area contributed by atoms with Crippen molar-refractivity contribution in [3.05, 3.63) is 90.0 Å². The van der Waals surface area contributed by atoms with Gasteiger partial charge in [-0.2, -0.15) is 0 Å². The molecule has 1 aliphatic rings. The van der Waals surface area contributed by atoms with Crippen molar-refractivity contribution in [3.63, 3.8) is 0 Å². The molecule has 0 unspecified atom stereocenters. The van der Waals surface area contributed by atoms with Gasteiger partial charge in [-0.3, -0.25) is 5.32 Å². The van der Waals surface area contributed by atoms with E-state index in [-0.39, 0.29) is 6.61 Å². The summed E-state index contributed by atoms with van der Waals surface area (Å²) in [6.07, 6.45) is 2.99. The number of carbonyl (C=O) groups is 1. The molecule has 6 heteroatoms. The molecule has 6 nitrogen and oxygen atoms in total. The van der Waals surface area contributed by atoms with Crippen LogP contribution in [0.1, 0.15) is 23.7 Å². The summed E-state index contributed by atoms with van der Waals surface area (Å²) < 4.78 is 11.0. The van der Waals surface area contributed by atoms with Gasteiger partial charge in [0.15, 0.2) is 5.82 Å². The minimum absolute atomic E-state index is 0.0762. The monoisotopic (exact) mass is 399 g/mol. The summed E-state index contributed by atoms with van der Waals surface area (Å²) in [7, 11) is 0. The van der Waals surface area contributed by atoms with Crippen molar-refractivity contribution >= 4 is 17.4 Å². The van der Waals surface area contributed by atoms with Gasteiger partial charge in [-0.25, -0.2) is 14.8 Å². The van der Waals surface area contributed by atoms with Gasteiger partial charge in [0.1, 0.15) is 18.1 Å². The molecule has 0 radical (unpaired) electrons. The second-order valence-corrected chi connectivity index (χ2v) is 6.98. The molecule has 1 N–H and O–H groups in total. The lowest BCUT2D eigenvalue weighted by Gasteiger charge is -2.18. The predicted octanol–water partition coefficient (Wildman–Crippen LogP) is 5.51. The second-order valence-electron chi connectivity index (χ2n) is 6.98. The molecular weight excluding hydrogens is 378 g/mol. The third-order valence-corrected chi connectivity index (χ3v) is 4.74. The molecule has 0 atom stereocenters. The molecule has 3 aromatic rings. The van der Waals surface area contributed by atoms with Gasteiger partial charge in [-0.15, -0.1) is 0 Å². The number of amides is 1. The van der Waals surface area contributed by atoms with Gasteiger partial charge >= 0.3 is 6.09 Å². The second kappa shape index (κ2) is 8.21. The van der Waals surface area contributed by atoms with Crippen molar-refractivity contribution in [3.8, 4) is 17.1 Å². The van der Waals surface area contributed by atoms with E-state index in [1.54, 1.807) is 18.3 Å². The average Bonchev–Trinajstić information content (AvgIpc) is 2.73. The zero-order valence-corrected chi connectivity index (χ0v) is 16.8. The van der Waals surface area contributed by atoms with Gasteiger partial charge in [0, 0.05) is 40.3 Å². The largest absolute Gasteiger partial charge is 0.457 e. The Morgan fingerprint density at radius 1 is 1.17 bits per heavy atom. The predicted molar refractivity (Wildman–Crippen MR) is 116 cm³/mol. The molecule has 2 aromatic carbocycles. The Morgan fingerprint density at radius 2 is 1.97 bits per heavy atom. The SMILES string of the molecule is C=C1C=C(C)c2ccc(NC(=O)OCc3cnc(-c4ccccc4)nc3C)cc2O1. The van der Waals surface area contributed by atoms with E-state index in [2.05, 4.69) is 21.9 Å². The number of nitrogens with one attached hydrogen (secondary N) is 1. The van der Waals surface area contributed by atoms with Crippen LogP contribution in [0.3, 0.4) is 0 Å². The molecule has 0 fully saturated rings. The highest BCUT2D eigenvalue weighted by molar-refractivity contribution is 5.86. The third kappa shape index (κ3) is 4.22. The fourth-order valence-corrected chi connectivity index (χ4v) is 3.16. The summed E-state index contributed by atoms with van der Waals surface area (Å²) in [5, 5.41) is 2.72. The fraction of sp³-hybridized carbons (Fsp3) is 0.125. The Morgan fingerprint density at radius 3 is 2.73 bits per heavy atom. The van der Waals surface area contributed by atoms with Crippen LogP contribution < -0.4 is 10.1 Å². The van der Waals surface area contributed by atoms with Crippen molar-refractivity contribution < 1.29 is 14.3 Å². The summed E-state index contributed by atoms with van der Waals surface area (Å²) in [6, 6.07) is 15.2. The maximum absolute atomic E-state index is 12.2. The van der Waals surface area contributed by atoms with Crippen LogP contribution in [0.25, 0.3) is 17.0 Å². The third-order valence-electron chi connectivity index (χ3n) is 4.74. The number of hydrogen-bond acceptors (Lipinski definition) is 5. The van der Waals surface area contributed by atoms with Crippen LogP contribution in [0.15, 0.2) is 73.1 Å². The summed E-state index contributed by atoms with van der Waals surface area (Å²) >= 11 is 0. The molecule has 0 saturated heterocycles. The number of hydrogen-bond donors (Lipinski definition) is 1. The molecule has 2 heterocycles. The Labute approximate surface area is 174 Å². The lowest BCUT2D eigenvalue weighted by atomic mass is 10.0. The van der Waals surface area contributed by atoms with Crippen molar-refractivity contribution in [2.45, 2.75) is 20.5 Å². The topological polar surface area (TPSA) is 73.3 Å². The lowest BCUT2D eigenvalue weighted by Crippen LogP contribution is -2.14. The molecule has 30 heavy (non-hydrogen) atoms. The number of allylic oxidation sites excluding steroid dienone is 2. The number of fused-ring (bicyclic) bond motifs is 1. The van der Waals surface area contributed by atoms with Crippen LogP contribution in [0.4, 0.5) is 10.5 Å². The minimum Gasteiger partial charge on any atom is -0.457 e. The Hall–Kier alpha value is -3.93. The molecule has 0 aliphatic carbocycles. The van der Waals surface area contributed by atoms with Crippen LogP contribution >= 0.6 is 0 Å². The number of carbonyl (C=O) groups excluding carboxylic acids is 1. The highest BCUT2D eigenvalue weighted by Gasteiger charge is 2.15. The van der Waals surface area contributed by atoms with E-state index in [4.69, 9.17) is 9.47 Å². The Kier molecular flexibility index (Phi) is 5.30. The van der Waals surface area contributed by atoms with Gasteiger partial charge in [-0.1, -0.05) is 36.9 Å². The average molecular weight is 399 g/mol. The van der Waals surface area contributed by atoms with Crippen molar-refractivity contribution in [2.75, 3.05) is 5.32 Å². The van der Waals surface area contributed by atoms with Crippen LogP contribution in [0.2, 0.25) is 0 Å². The summed E-state index contributed by atoms with van der Waals surface area (Å²) in [4.78, 5) is 21.1. The number of aromatic nitrogens is 2. The Balaban J connectivity index is 1.39. The van der Waals surface area contributed by atoms with E-state index in [1.165, 1.54) is 0 Å². The molecule has 0 bridgehead atoms. The first-order valence-electron chi connectivity index (χ1n) is 9.51. The lowest BCUT2D eigenvalue weighted by molar-refractivity contribution is 0.154. The standard InChI is InChI=1S/C24H21N3O3/c1-15-11-16(2)30-22-12-20(9-10-21(15)22)27-24(28)29-14-19-13-25-23(26-17(19)3)18-7-5-4-6-8-18/h4-13H,2,14H2,1,3H3,(H,27,28). The molecular formula is C24H21N3O3. The summed E-state index contributed by atoms with van der Waals surface area (Å²) in [5.41, 5.74) is 5.05. The zero-order chi connectivity index (χ0) is 21.1. The van der Waals surface area contributed by atoms with E-state index in [0.717, 1.165) is 28.0 Å². The summed E-state index contributed by atoms with van der Waals surface area (Å²) in [6.45, 7) is 7.76. The molecule has 1 aromatic heterocycles. The molecule has 4 rings (SSSR count). The van der Waals surface area contributed by atoms with Crippen LogP contribution in [-0.4, -0.2) is 16.1 Å². The van der Waals surface area contributed by atoms with Gasteiger partial charge in [-0.05, 0) is 37.6 Å². The summed E-state index contributed by atoms with van der Waals surface area (Å²) in [5.74, 6) is 1.86.